The van der Waals surface area contributed by atoms with Gasteiger partial charge in [0, 0.05) is 13.2 Å². The van der Waals surface area contributed by atoms with Crippen molar-refractivity contribution >= 4 is 0 Å². The molecule has 2 nitrogen and oxygen atoms in total. The minimum Gasteiger partial charge on any atom is -0.383 e. The summed E-state index contributed by atoms with van der Waals surface area (Å²) in [4.78, 5) is 0. The third kappa shape index (κ3) is 9.61. The van der Waals surface area contributed by atoms with Crippen molar-refractivity contribution in [3.63, 3.8) is 0 Å². The highest BCUT2D eigenvalue weighted by atomic mass is 16.5. The number of unbranched alkanes of at least 4 members (excludes halogenated alkanes) is 1. The molecule has 0 aliphatic heterocycles. The van der Waals surface area contributed by atoms with Gasteiger partial charge < -0.3 is 10.1 Å². The number of hydrogen-bond acceptors (Lipinski definition) is 2. The molecule has 0 aromatic heterocycles. The highest BCUT2D eigenvalue weighted by molar-refractivity contribution is 4.69. The van der Waals surface area contributed by atoms with Gasteiger partial charge in [-0.15, -0.1) is 0 Å². The minimum absolute atomic E-state index is 0.552. The van der Waals surface area contributed by atoms with E-state index in [2.05, 4.69) is 26.1 Å². The second-order valence-corrected chi connectivity index (χ2v) is 5.10. The quantitative estimate of drug-likeness (QED) is 0.559. The summed E-state index contributed by atoms with van der Waals surface area (Å²) in [5.74, 6) is 0.915. The van der Waals surface area contributed by atoms with Gasteiger partial charge in [-0.2, -0.15) is 0 Å². The van der Waals surface area contributed by atoms with Gasteiger partial charge in [0.15, 0.2) is 0 Å². The number of rotatable bonds is 12. The average molecular weight is 243 g/mol. The van der Waals surface area contributed by atoms with Crippen LogP contribution in [-0.4, -0.2) is 26.3 Å². The molecule has 2 unspecified atom stereocenters. The number of ether oxygens (including phenoxy) is 1. The molecular formula is C15H33NO. The van der Waals surface area contributed by atoms with E-state index < -0.39 is 0 Å². The molecule has 0 radical (unpaired) electrons. The summed E-state index contributed by atoms with van der Waals surface area (Å²) in [6.07, 6.45) is 9.25. The van der Waals surface area contributed by atoms with Gasteiger partial charge >= 0.3 is 0 Å². The van der Waals surface area contributed by atoms with Crippen LogP contribution in [0.15, 0.2) is 0 Å². The molecule has 0 aromatic rings. The van der Waals surface area contributed by atoms with E-state index in [0.29, 0.717) is 6.04 Å². The molecule has 0 heterocycles. The first-order valence-corrected chi connectivity index (χ1v) is 7.50. The molecule has 2 heteroatoms. The molecule has 0 bridgehead atoms. The molecular weight excluding hydrogens is 210 g/mol. The Balaban J connectivity index is 3.81. The van der Waals surface area contributed by atoms with Gasteiger partial charge in [0.25, 0.3) is 0 Å². The Labute approximate surface area is 109 Å². The summed E-state index contributed by atoms with van der Waals surface area (Å²) in [6, 6.07) is 0.552. The van der Waals surface area contributed by atoms with Crippen LogP contribution in [0.2, 0.25) is 0 Å². The lowest BCUT2D eigenvalue weighted by atomic mass is 9.92. The first kappa shape index (κ1) is 16.9. The molecule has 104 valence electrons. The third-order valence-electron chi connectivity index (χ3n) is 3.52. The van der Waals surface area contributed by atoms with E-state index in [-0.39, 0.29) is 0 Å². The molecule has 0 aliphatic rings. The van der Waals surface area contributed by atoms with Crippen LogP contribution >= 0.6 is 0 Å². The molecule has 17 heavy (non-hydrogen) atoms. The summed E-state index contributed by atoms with van der Waals surface area (Å²) >= 11 is 0. The maximum Gasteiger partial charge on any atom is 0.0615 e. The van der Waals surface area contributed by atoms with Crippen molar-refractivity contribution in [3.8, 4) is 0 Å². The summed E-state index contributed by atoms with van der Waals surface area (Å²) < 4.78 is 5.29. The maximum absolute atomic E-state index is 5.29. The van der Waals surface area contributed by atoms with E-state index >= 15 is 0 Å². The van der Waals surface area contributed by atoms with E-state index in [1.807, 2.05) is 0 Å². The summed E-state index contributed by atoms with van der Waals surface area (Å²) in [6.45, 7) is 8.78. The molecule has 0 fully saturated rings. The zero-order chi connectivity index (χ0) is 12.9. The number of nitrogens with one attached hydrogen (secondary N) is 1. The van der Waals surface area contributed by atoms with Crippen molar-refractivity contribution in [2.45, 2.75) is 71.8 Å². The van der Waals surface area contributed by atoms with Crippen LogP contribution in [0.3, 0.4) is 0 Å². The van der Waals surface area contributed by atoms with Gasteiger partial charge in [0.05, 0.1) is 6.61 Å². The molecule has 0 saturated carbocycles. The fourth-order valence-electron chi connectivity index (χ4n) is 2.28. The van der Waals surface area contributed by atoms with Gasteiger partial charge in [-0.1, -0.05) is 46.5 Å². The van der Waals surface area contributed by atoms with E-state index in [1.165, 1.54) is 44.9 Å². The smallest absolute Gasteiger partial charge is 0.0615 e. The molecule has 0 rings (SSSR count). The van der Waals surface area contributed by atoms with Crippen LogP contribution < -0.4 is 5.32 Å². The normalized spacial score (nSPS) is 14.8. The Hall–Kier alpha value is -0.0800. The van der Waals surface area contributed by atoms with E-state index in [4.69, 9.17) is 4.74 Å². The monoisotopic (exact) mass is 243 g/mol. The second-order valence-electron chi connectivity index (χ2n) is 5.10. The highest BCUT2D eigenvalue weighted by Gasteiger charge is 2.11. The minimum atomic E-state index is 0.552. The molecule has 0 aromatic carbocycles. The zero-order valence-electron chi connectivity index (χ0n) is 12.4. The molecule has 0 amide bonds. The molecule has 0 aliphatic carbocycles. The van der Waals surface area contributed by atoms with Crippen LogP contribution in [0.5, 0.6) is 0 Å². The lowest BCUT2D eigenvalue weighted by molar-refractivity contribution is 0.158. The Morgan fingerprint density at radius 2 is 1.76 bits per heavy atom. The molecule has 0 saturated heterocycles. The Bertz CT molecular complexity index is 150. The average Bonchev–Trinajstić information content (AvgIpc) is 2.35. The van der Waals surface area contributed by atoms with Crippen LogP contribution in [0.25, 0.3) is 0 Å². The first-order chi connectivity index (χ1) is 8.28. The van der Waals surface area contributed by atoms with Gasteiger partial charge in [-0.25, -0.2) is 0 Å². The molecule has 2 atom stereocenters. The predicted octanol–water partition coefficient (Wildman–Crippen LogP) is 4.00. The highest BCUT2D eigenvalue weighted by Crippen LogP contribution is 2.19. The second kappa shape index (κ2) is 12.4. The Morgan fingerprint density at radius 1 is 1.00 bits per heavy atom. The van der Waals surface area contributed by atoms with Gasteiger partial charge in [-0.3, -0.25) is 0 Å². The van der Waals surface area contributed by atoms with Crippen molar-refractivity contribution in [2.75, 3.05) is 20.3 Å². The fraction of sp³-hybridized carbons (Fsp3) is 1.00. The Morgan fingerprint density at radius 3 is 2.29 bits per heavy atom. The van der Waals surface area contributed by atoms with E-state index in [1.54, 1.807) is 7.11 Å². The topological polar surface area (TPSA) is 21.3 Å². The van der Waals surface area contributed by atoms with Crippen molar-refractivity contribution < 1.29 is 4.74 Å². The van der Waals surface area contributed by atoms with Crippen LogP contribution in [-0.2, 0) is 4.74 Å². The first-order valence-electron chi connectivity index (χ1n) is 7.50. The van der Waals surface area contributed by atoms with Crippen molar-refractivity contribution in [1.82, 2.24) is 5.32 Å². The number of methoxy groups -OCH3 is 1. The maximum atomic E-state index is 5.29. The standard InChI is InChI=1S/C15H33NO/c1-5-8-9-14(7-3)10-11-15(13-17-4)16-12-6-2/h14-16H,5-13H2,1-4H3. The summed E-state index contributed by atoms with van der Waals surface area (Å²) in [5, 5.41) is 3.58. The SMILES string of the molecule is CCCCC(CC)CCC(COC)NCCC. The van der Waals surface area contributed by atoms with Crippen molar-refractivity contribution in [3.05, 3.63) is 0 Å². The summed E-state index contributed by atoms with van der Waals surface area (Å²) in [5.41, 5.74) is 0. The summed E-state index contributed by atoms with van der Waals surface area (Å²) in [7, 11) is 1.80. The van der Waals surface area contributed by atoms with Crippen LogP contribution in [0.4, 0.5) is 0 Å². The van der Waals surface area contributed by atoms with E-state index in [9.17, 15) is 0 Å². The van der Waals surface area contributed by atoms with Crippen molar-refractivity contribution in [1.29, 1.82) is 0 Å². The lowest BCUT2D eigenvalue weighted by Crippen LogP contribution is -2.34. The molecule has 0 spiro atoms. The zero-order valence-corrected chi connectivity index (χ0v) is 12.4. The van der Waals surface area contributed by atoms with Gasteiger partial charge in [0.1, 0.15) is 0 Å². The van der Waals surface area contributed by atoms with Crippen molar-refractivity contribution in [2.24, 2.45) is 5.92 Å². The van der Waals surface area contributed by atoms with Gasteiger partial charge in [0.2, 0.25) is 0 Å². The fourth-order valence-corrected chi connectivity index (χ4v) is 2.28. The van der Waals surface area contributed by atoms with Gasteiger partial charge in [-0.05, 0) is 31.7 Å². The van der Waals surface area contributed by atoms with Crippen LogP contribution in [0, 0.1) is 5.92 Å². The Kier molecular flexibility index (Phi) is 12.3. The lowest BCUT2D eigenvalue weighted by Gasteiger charge is -2.21. The van der Waals surface area contributed by atoms with E-state index in [0.717, 1.165) is 19.1 Å². The molecule has 1 N–H and O–H groups in total. The largest absolute Gasteiger partial charge is 0.383 e. The van der Waals surface area contributed by atoms with Crippen LogP contribution in [0.1, 0.15) is 65.7 Å². The number of hydrogen-bond donors (Lipinski definition) is 1. The third-order valence-corrected chi connectivity index (χ3v) is 3.52. The predicted molar refractivity (Wildman–Crippen MR) is 76.5 cm³/mol.